The maximum Gasteiger partial charge on any atom is 0.225 e. The molecule has 1 amide bonds. The first-order chi connectivity index (χ1) is 12.8. The van der Waals surface area contributed by atoms with E-state index in [1.54, 1.807) is 28.5 Å². The van der Waals surface area contributed by atoms with Crippen molar-refractivity contribution in [3.63, 3.8) is 0 Å². The average molecular weight is 368 g/mol. The van der Waals surface area contributed by atoms with Gasteiger partial charge in [0.05, 0.1) is 12.5 Å². The van der Waals surface area contributed by atoms with E-state index in [0.717, 1.165) is 31.0 Å². The van der Waals surface area contributed by atoms with Gasteiger partial charge in [0.2, 0.25) is 5.91 Å². The summed E-state index contributed by atoms with van der Waals surface area (Å²) in [6, 6.07) is 7.81. The summed E-state index contributed by atoms with van der Waals surface area (Å²) in [6.07, 6.45) is 6.99. The molecule has 7 nitrogen and oxygen atoms in total. The second-order valence-electron chi connectivity index (χ2n) is 6.27. The molecule has 8 heteroatoms. The molecule has 1 atom stereocenters. The minimum Gasteiger partial charge on any atom is -0.356 e. The molecule has 0 bridgehead atoms. The van der Waals surface area contributed by atoms with Gasteiger partial charge in [0.15, 0.2) is 5.82 Å². The van der Waals surface area contributed by atoms with E-state index < -0.39 is 0 Å². The molecule has 0 saturated carbocycles. The molecular formula is C18H20N6OS. The van der Waals surface area contributed by atoms with Crippen molar-refractivity contribution >= 4 is 23.1 Å². The molecule has 4 rings (SSSR count). The molecule has 1 fully saturated rings. The van der Waals surface area contributed by atoms with Gasteiger partial charge in [-0.2, -0.15) is 5.10 Å². The quantitative estimate of drug-likeness (QED) is 0.748. The number of nitrogens with zero attached hydrogens (tertiary/aromatic N) is 5. The predicted molar refractivity (Wildman–Crippen MR) is 100 cm³/mol. The number of aromatic nitrogens is 4. The Bertz CT molecular complexity index is 848. The first-order valence-electron chi connectivity index (χ1n) is 8.67. The second kappa shape index (κ2) is 7.65. The Morgan fingerprint density at radius 1 is 1.31 bits per heavy atom. The van der Waals surface area contributed by atoms with E-state index in [-0.39, 0.29) is 11.8 Å². The minimum absolute atomic E-state index is 0.0215. The van der Waals surface area contributed by atoms with E-state index in [4.69, 9.17) is 0 Å². The minimum atomic E-state index is -0.0215. The van der Waals surface area contributed by atoms with Crippen molar-refractivity contribution in [3.05, 3.63) is 53.2 Å². The highest BCUT2D eigenvalue weighted by Crippen LogP contribution is 2.23. The van der Waals surface area contributed by atoms with Gasteiger partial charge in [0, 0.05) is 36.4 Å². The molecule has 0 aliphatic carbocycles. The van der Waals surface area contributed by atoms with Gasteiger partial charge in [-0.1, -0.05) is 6.07 Å². The number of thiophene rings is 1. The van der Waals surface area contributed by atoms with Crippen LogP contribution in [0.3, 0.4) is 0 Å². The highest BCUT2D eigenvalue weighted by Gasteiger charge is 2.26. The topological polar surface area (TPSA) is 75.9 Å². The van der Waals surface area contributed by atoms with Gasteiger partial charge in [-0.15, -0.1) is 11.3 Å². The van der Waals surface area contributed by atoms with E-state index in [9.17, 15) is 4.79 Å². The van der Waals surface area contributed by atoms with Crippen molar-refractivity contribution in [2.24, 2.45) is 5.92 Å². The summed E-state index contributed by atoms with van der Waals surface area (Å²) >= 11 is 1.66. The number of carbonyl (C=O) groups excluding carboxylic acids is 1. The van der Waals surface area contributed by atoms with Crippen LogP contribution in [0.2, 0.25) is 0 Å². The average Bonchev–Trinajstić information content (AvgIpc) is 3.40. The summed E-state index contributed by atoms with van der Waals surface area (Å²) in [5.74, 6) is 1.65. The van der Waals surface area contributed by atoms with Crippen LogP contribution in [-0.4, -0.2) is 38.7 Å². The lowest BCUT2D eigenvalue weighted by Gasteiger charge is -2.32. The van der Waals surface area contributed by atoms with Crippen LogP contribution in [0.15, 0.2) is 48.4 Å². The standard InChI is InChI=1S/C18H20N6OS/c25-18(19-11-15-5-2-9-26-15)14-4-1-7-23(12-14)16-10-17(21-13-20-16)24-8-3-6-22-24/h2-3,5-6,8-10,13-14H,1,4,7,11-12H2,(H,19,25)/t14-/m0/s1. The number of rotatable bonds is 5. The largest absolute Gasteiger partial charge is 0.356 e. The summed E-state index contributed by atoms with van der Waals surface area (Å²) in [7, 11) is 0. The lowest BCUT2D eigenvalue weighted by atomic mass is 9.97. The van der Waals surface area contributed by atoms with Crippen LogP contribution >= 0.6 is 11.3 Å². The number of amides is 1. The maximum atomic E-state index is 12.5. The number of piperidine rings is 1. The molecular weight excluding hydrogens is 348 g/mol. The lowest BCUT2D eigenvalue weighted by Crippen LogP contribution is -2.43. The summed E-state index contributed by atoms with van der Waals surface area (Å²) in [5.41, 5.74) is 0. The zero-order valence-corrected chi connectivity index (χ0v) is 15.1. The van der Waals surface area contributed by atoms with Crippen molar-refractivity contribution in [1.82, 2.24) is 25.1 Å². The summed E-state index contributed by atoms with van der Waals surface area (Å²) in [4.78, 5) is 24.5. The SMILES string of the molecule is O=C(NCc1cccs1)[C@H]1CCCN(c2cc(-n3cccn3)ncn2)C1. The van der Waals surface area contributed by atoms with Gasteiger partial charge in [0.25, 0.3) is 0 Å². The summed E-state index contributed by atoms with van der Waals surface area (Å²) in [6.45, 7) is 2.17. The van der Waals surface area contributed by atoms with Gasteiger partial charge >= 0.3 is 0 Å². The normalized spacial score (nSPS) is 17.2. The smallest absolute Gasteiger partial charge is 0.225 e. The Morgan fingerprint density at radius 2 is 2.23 bits per heavy atom. The third-order valence-corrected chi connectivity index (χ3v) is 5.39. The molecule has 134 valence electrons. The van der Waals surface area contributed by atoms with E-state index in [1.807, 2.05) is 35.8 Å². The number of nitrogens with one attached hydrogen (secondary N) is 1. The number of carbonyl (C=O) groups is 1. The molecule has 1 aliphatic heterocycles. The molecule has 4 heterocycles. The van der Waals surface area contributed by atoms with E-state index in [2.05, 4.69) is 25.3 Å². The monoisotopic (exact) mass is 368 g/mol. The van der Waals surface area contributed by atoms with Crippen LogP contribution in [0.5, 0.6) is 0 Å². The Morgan fingerprint density at radius 3 is 3.04 bits per heavy atom. The molecule has 3 aromatic heterocycles. The molecule has 26 heavy (non-hydrogen) atoms. The van der Waals surface area contributed by atoms with Crippen molar-refractivity contribution in [2.45, 2.75) is 19.4 Å². The first kappa shape index (κ1) is 16.7. The van der Waals surface area contributed by atoms with E-state index in [0.29, 0.717) is 13.1 Å². The van der Waals surface area contributed by atoms with Crippen LogP contribution in [-0.2, 0) is 11.3 Å². The van der Waals surface area contributed by atoms with Crippen LogP contribution in [0.25, 0.3) is 5.82 Å². The first-order valence-corrected chi connectivity index (χ1v) is 9.54. The van der Waals surface area contributed by atoms with Crippen molar-refractivity contribution in [2.75, 3.05) is 18.0 Å². The molecule has 3 aromatic rings. The van der Waals surface area contributed by atoms with Gasteiger partial charge in [-0.3, -0.25) is 4.79 Å². The van der Waals surface area contributed by atoms with Crippen LogP contribution < -0.4 is 10.2 Å². The van der Waals surface area contributed by atoms with Crippen LogP contribution in [0.4, 0.5) is 5.82 Å². The molecule has 0 aromatic carbocycles. The predicted octanol–water partition coefficient (Wildman–Crippen LogP) is 2.26. The second-order valence-corrected chi connectivity index (χ2v) is 7.30. The van der Waals surface area contributed by atoms with E-state index in [1.165, 1.54) is 4.88 Å². The fraction of sp³-hybridized carbons (Fsp3) is 0.333. The number of hydrogen-bond acceptors (Lipinski definition) is 6. The summed E-state index contributed by atoms with van der Waals surface area (Å²) in [5, 5.41) is 9.29. The third kappa shape index (κ3) is 3.75. The fourth-order valence-electron chi connectivity index (χ4n) is 3.17. The molecule has 1 N–H and O–H groups in total. The number of anilines is 1. The highest BCUT2D eigenvalue weighted by molar-refractivity contribution is 7.09. The van der Waals surface area contributed by atoms with Crippen molar-refractivity contribution in [1.29, 1.82) is 0 Å². The molecule has 0 radical (unpaired) electrons. The molecule has 1 saturated heterocycles. The van der Waals surface area contributed by atoms with Crippen molar-refractivity contribution in [3.8, 4) is 5.82 Å². The van der Waals surface area contributed by atoms with Crippen LogP contribution in [0.1, 0.15) is 17.7 Å². The number of hydrogen-bond donors (Lipinski definition) is 1. The molecule has 0 spiro atoms. The maximum absolute atomic E-state index is 12.5. The van der Waals surface area contributed by atoms with Gasteiger partial charge in [-0.25, -0.2) is 14.6 Å². The van der Waals surface area contributed by atoms with Gasteiger partial charge in [-0.05, 0) is 30.4 Å². The highest BCUT2D eigenvalue weighted by atomic mass is 32.1. The Labute approximate surface area is 155 Å². The zero-order valence-electron chi connectivity index (χ0n) is 14.3. The van der Waals surface area contributed by atoms with E-state index >= 15 is 0 Å². The fourth-order valence-corrected chi connectivity index (χ4v) is 3.82. The third-order valence-electron chi connectivity index (χ3n) is 4.51. The summed E-state index contributed by atoms with van der Waals surface area (Å²) < 4.78 is 1.71. The Kier molecular flexibility index (Phi) is 4.92. The van der Waals surface area contributed by atoms with Gasteiger partial charge in [0.1, 0.15) is 12.1 Å². The molecule has 1 aliphatic rings. The Hall–Kier alpha value is -2.74. The zero-order chi connectivity index (χ0) is 17.8. The van der Waals surface area contributed by atoms with Gasteiger partial charge < -0.3 is 10.2 Å². The molecule has 0 unspecified atom stereocenters. The van der Waals surface area contributed by atoms with Crippen molar-refractivity contribution < 1.29 is 4.79 Å². The Balaban J connectivity index is 1.42. The van der Waals surface area contributed by atoms with Crippen LogP contribution in [0, 0.1) is 5.92 Å². The lowest BCUT2D eigenvalue weighted by molar-refractivity contribution is -0.125.